The lowest BCUT2D eigenvalue weighted by molar-refractivity contribution is -0.117. The van der Waals surface area contributed by atoms with Crippen molar-refractivity contribution in [2.75, 3.05) is 26.2 Å². The topological polar surface area (TPSA) is 123 Å². The van der Waals surface area contributed by atoms with Crippen LogP contribution in [-0.2, 0) is 4.79 Å². The number of ether oxygens (including phenoxy) is 2. The average Bonchev–Trinajstić information content (AvgIpc) is 2.73. The zero-order chi connectivity index (χ0) is 20.1. The van der Waals surface area contributed by atoms with Gasteiger partial charge in [0.1, 0.15) is 5.70 Å². The maximum absolute atomic E-state index is 12.4. The van der Waals surface area contributed by atoms with E-state index in [0.29, 0.717) is 40.6 Å². The normalized spacial score (nSPS) is 12.5. The van der Waals surface area contributed by atoms with Crippen molar-refractivity contribution >= 4 is 17.3 Å². The van der Waals surface area contributed by atoms with Gasteiger partial charge in [0.2, 0.25) is 5.88 Å². The van der Waals surface area contributed by atoms with E-state index in [0.717, 1.165) is 18.4 Å². The van der Waals surface area contributed by atoms with Crippen molar-refractivity contribution in [3.05, 3.63) is 35.7 Å². The molecule has 0 atom stereocenters. The third kappa shape index (κ3) is 3.64. The number of nitrogens with two attached hydrogens (primary N) is 1. The lowest BCUT2D eigenvalue weighted by atomic mass is 9.98. The minimum atomic E-state index is -0.250. The van der Waals surface area contributed by atoms with Crippen molar-refractivity contribution in [1.82, 2.24) is 20.7 Å². The van der Waals surface area contributed by atoms with Gasteiger partial charge in [0.05, 0.1) is 31.2 Å². The Kier molecular flexibility index (Phi) is 5.83. The Balaban J connectivity index is 2.00. The Hall–Kier alpha value is -3.49. The minimum Gasteiger partial charge on any atom is -0.480 e. The second kappa shape index (κ2) is 8.47. The van der Waals surface area contributed by atoms with Gasteiger partial charge < -0.3 is 20.5 Å². The molecule has 1 amide bonds. The van der Waals surface area contributed by atoms with Crippen LogP contribution in [-0.4, -0.2) is 36.6 Å². The Morgan fingerprint density at radius 2 is 1.96 bits per heavy atom. The number of nitrogens with one attached hydrogen (secondary N) is 3. The smallest absolute Gasteiger partial charge is 0.319 e. The molecule has 2 heterocycles. The highest BCUT2D eigenvalue weighted by Gasteiger charge is 2.25. The third-order valence-corrected chi connectivity index (χ3v) is 4.38. The van der Waals surface area contributed by atoms with Gasteiger partial charge in [-0.25, -0.2) is 4.98 Å². The lowest BCUT2D eigenvalue weighted by Gasteiger charge is -2.26. The van der Waals surface area contributed by atoms with Gasteiger partial charge >= 0.3 is 6.01 Å². The molecule has 0 spiro atoms. The number of unbranched alkanes of at least 4 members (excludes halogenated alkanes) is 1. The molecule has 148 valence electrons. The number of carbonyl (C=O) groups excluding carboxylic acids is 1. The van der Waals surface area contributed by atoms with E-state index < -0.39 is 0 Å². The molecular formula is C19H24N6O3. The summed E-state index contributed by atoms with van der Waals surface area (Å²) in [5.74, 6) is 0.118. The zero-order valence-electron chi connectivity index (χ0n) is 16.1. The molecule has 9 nitrogen and oxygen atoms in total. The predicted molar refractivity (Wildman–Crippen MR) is 106 cm³/mol. The van der Waals surface area contributed by atoms with Crippen molar-refractivity contribution in [3.8, 4) is 23.0 Å². The Bertz CT molecular complexity index is 913. The maximum atomic E-state index is 12.4. The number of carbonyl (C=O) groups is 1. The molecule has 2 aromatic rings. The number of benzene rings is 1. The number of aromatic nitrogens is 2. The summed E-state index contributed by atoms with van der Waals surface area (Å²) in [6.07, 6.45) is 3.53. The summed E-state index contributed by atoms with van der Waals surface area (Å²) >= 11 is 0. The van der Waals surface area contributed by atoms with Gasteiger partial charge in [-0.15, -0.1) is 0 Å². The van der Waals surface area contributed by atoms with Gasteiger partial charge in [0, 0.05) is 23.9 Å². The number of methoxy groups -OCH3 is 2. The zero-order valence-corrected chi connectivity index (χ0v) is 16.1. The van der Waals surface area contributed by atoms with E-state index in [9.17, 15) is 4.79 Å². The summed E-state index contributed by atoms with van der Waals surface area (Å²) in [5.41, 5.74) is 15.8. The van der Waals surface area contributed by atoms with Crippen LogP contribution in [0.1, 0.15) is 25.3 Å². The Morgan fingerprint density at radius 3 is 2.68 bits per heavy atom. The first-order chi connectivity index (χ1) is 13.6. The first-order valence-corrected chi connectivity index (χ1v) is 8.99. The first kappa shape index (κ1) is 19.3. The molecule has 0 radical (unpaired) electrons. The number of anilines is 1. The second-order valence-electron chi connectivity index (χ2n) is 6.16. The number of hydrogen-bond donors (Lipinski definition) is 4. The van der Waals surface area contributed by atoms with Crippen LogP contribution in [0.3, 0.4) is 0 Å². The molecule has 1 aliphatic heterocycles. The largest absolute Gasteiger partial charge is 0.480 e. The summed E-state index contributed by atoms with van der Waals surface area (Å²) in [6.45, 7) is 2.66. The van der Waals surface area contributed by atoms with Crippen molar-refractivity contribution in [1.29, 1.82) is 0 Å². The van der Waals surface area contributed by atoms with Crippen molar-refractivity contribution in [3.63, 3.8) is 0 Å². The quantitative estimate of drug-likeness (QED) is 0.531. The molecule has 1 aliphatic rings. The highest BCUT2D eigenvalue weighted by Crippen LogP contribution is 2.39. The monoisotopic (exact) mass is 384 g/mol. The molecule has 0 saturated heterocycles. The van der Waals surface area contributed by atoms with Crippen LogP contribution >= 0.6 is 0 Å². The molecule has 0 bridgehead atoms. The van der Waals surface area contributed by atoms with Crippen LogP contribution in [0.5, 0.6) is 11.9 Å². The van der Waals surface area contributed by atoms with Crippen LogP contribution < -0.4 is 31.4 Å². The highest BCUT2D eigenvalue weighted by atomic mass is 16.5. The van der Waals surface area contributed by atoms with E-state index in [4.69, 9.17) is 15.2 Å². The van der Waals surface area contributed by atoms with E-state index in [-0.39, 0.29) is 11.9 Å². The SMILES string of the molecule is CCCCNC(=O)C1=C(N)c2cccc(-c3cnc(OC)nc3OC)c2NN1. The number of nitrogens with zero attached hydrogens (tertiary/aromatic N) is 2. The molecular weight excluding hydrogens is 360 g/mol. The number of para-hydroxylation sites is 1. The van der Waals surface area contributed by atoms with Gasteiger partial charge in [-0.05, 0) is 6.42 Å². The number of hydrogen-bond acceptors (Lipinski definition) is 8. The summed E-state index contributed by atoms with van der Waals surface area (Å²) in [4.78, 5) is 20.8. The van der Waals surface area contributed by atoms with Crippen LogP contribution in [0.15, 0.2) is 30.1 Å². The van der Waals surface area contributed by atoms with Crippen molar-refractivity contribution < 1.29 is 14.3 Å². The van der Waals surface area contributed by atoms with Gasteiger partial charge in [0.25, 0.3) is 5.91 Å². The number of amides is 1. The molecule has 9 heteroatoms. The predicted octanol–water partition coefficient (Wildman–Crippen LogP) is 1.63. The van der Waals surface area contributed by atoms with Gasteiger partial charge in [0.15, 0.2) is 0 Å². The van der Waals surface area contributed by atoms with Crippen LogP contribution in [0.25, 0.3) is 16.8 Å². The molecule has 0 aliphatic carbocycles. The molecule has 3 rings (SSSR count). The summed E-state index contributed by atoms with van der Waals surface area (Å²) in [5, 5.41) is 2.86. The molecule has 1 aromatic carbocycles. The van der Waals surface area contributed by atoms with Crippen LogP contribution in [0.2, 0.25) is 0 Å². The number of hydrazine groups is 1. The van der Waals surface area contributed by atoms with Crippen LogP contribution in [0.4, 0.5) is 5.69 Å². The van der Waals surface area contributed by atoms with E-state index in [1.807, 2.05) is 18.2 Å². The lowest BCUT2D eigenvalue weighted by Crippen LogP contribution is -2.39. The van der Waals surface area contributed by atoms with Crippen molar-refractivity contribution in [2.45, 2.75) is 19.8 Å². The van der Waals surface area contributed by atoms with Crippen LogP contribution in [0, 0.1) is 0 Å². The first-order valence-electron chi connectivity index (χ1n) is 8.99. The molecule has 0 unspecified atom stereocenters. The standard InChI is InChI=1S/C19H24N6O3/c1-4-5-9-21-17(26)16-14(20)12-8-6-7-11(15(12)24-25-16)13-10-22-19(28-3)23-18(13)27-2/h6-8,10,24-25H,4-5,9,20H2,1-3H3,(H,21,26). The van der Waals surface area contributed by atoms with Gasteiger partial charge in [-0.2, -0.15) is 4.98 Å². The average molecular weight is 384 g/mol. The fraction of sp³-hybridized carbons (Fsp3) is 0.316. The number of rotatable bonds is 7. The fourth-order valence-corrected chi connectivity index (χ4v) is 2.90. The molecule has 0 fully saturated rings. The molecule has 28 heavy (non-hydrogen) atoms. The van der Waals surface area contributed by atoms with Gasteiger partial charge in [-0.1, -0.05) is 31.5 Å². The molecule has 0 saturated carbocycles. The fourth-order valence-electron chi connectivity index (χ4n) is 2.90. The Labute approximate surface area is 163 Å². The summed E-state index contributed by atoms with van der Waals surface area (Å²) in [7, 11) is 3.02. The number of fused-ring (bicyclic) bond motifs is 1. The van der Waals surface area contributed by atoms with E-state index in [1.165, 1.54) is 14.2 Å². The van der Waals surface area contributed by atoms with Gasteiger partial charge in [-0.3, -0.25) is 15.6 Å². The summed E-state index contributed by atoms with van der Waals surface area (Å²) in [6, 6.07) is 5.80. The maximum Gasteiger partial charge on any atom is 0.319 e. The van der Waals surface area contributed by atoms with E-state index >= 15 is 0 Å². The molecule has 5 N–H and O–H groups in total. The van der Waals surface area contributed by atoms with E-state index in [2.05, 4.69) is 33.1 Å². The minimum absolute atomic E-state index is 0.210. The van der Waals surface area contributed by atoms with Crippen molar-refractivity contribution in [2.24, 2.45) is 5.73 Å². The van der Waals surface area contributed by atoms with E-state index in [1.54, 1.807) is 6.20 Å². The highest BCUT2D eigenvalue weighted by molar-refractivity contribution is 6.04. The Morgan fingerprint density at radius 1 is 1.18 bits per heavy atom. The second-order valence-corrected chi connectivity index (χ2v) is 6.16. The molecule has 1 aromatic heterocycles. The third-order valence-electron chi connectivity index (χ3n) is 4.38. The summed E-state index contributed by atoms with van der Waals surface area (Å²) < 4.78 is 10.4.